The standard InChI is InChI=1S/C19H31N3O5/c23-16(24)12-19(7-10-27-11-8-19)21-17(25)14-4-3-9-22(13-14)18(26)20-15-5-1-2-6-15/h14-15H,1-13H2,(H,20,26)(H,21,25)(H,23,24). The first-order chi connectivity index (χ1) is 13.0. The SMILES string of the molecule is O=C(O)CC1(NC(=O)C2CCCN(C(=O)NC3CCCC3)C2)CCOCC1. The van der Waals surface area contributed by atoms with E-state index < -0.39 is 11.5 Å². The van der Waals surface area contributed by atoms with Crippen molar-refractivity contribution in [3.05, 3.63) is 0 Å². The third-order valence-electron chi connectivity index (χ3n) is 6.09. The highest BCUT2D eigenvalue weighted by Crippen LogP contribution is 2.27. The first-order valence-electron chi connectivity index (χ1n) is 10.1. The number of piperidine rings is 1. The number of nitrogens with zero attached hydrogens (tertiary/aromatic N) is 1. The van der Waals surface area contributed by atoms with E-state index in [1.807, 2.05) is 0 Å². The van der Waals surface area contributed by atoms with Crippen molar-refractivity contribution < 1.29 is 24.2 Å². The smallest absolute Gasteiger partial charge is 0.317 e. The number of carboxylic acids is 1. The van der Waals surface area contributed by atoms with Crippen molar-refractivity contribution in [1.82, 2.24) is 15.5 Å². The quantitative estimate of drug-likeness (QED) is 0.669. The van der Waals surface area contributed by atoms with E-state index >= 15 is 0 Å². The van der Waals surface area contributed by atoms with Crippen LogP contribution in [0.25, 0.3) is 0 Å². The lowest BCUT2D eigenvalue weighted by molar-refractivity contribution is -0.141. The van der Waals surface area contributed by atoms with Gasteiger partial charge in [-0.3, -0.25) is 9.59 Å². The van der Waals surface area contributed by atoms with Crippen LogP contribution in [0.1, 0.15) is 57.8 Å². The Bertz CT molecular complexity index is 556. The van der Waals surface area contributed by atoms with Crippen LogP contribution in [0.15, 0.2) is 0 Å². The van der Waals surface area contributed by atoms with Crippen LogP contribution >= 0.6 is 0 Å². The van der Waals surface area contributed by atoms with E-state index in [-0.39, 0.29) is 30.3 Å². The molecule has 0 aromatic rings. The maximum atomic E-state index is 12.9. The minimum atomic E-state index is -0.918. The average Bonchev–Trinajstić information content (AvgIpc) is 3.14. The number of aliphatic carboxylic acids is 1. The summed E-state index contributed by atoms with van der Waals surface area (Å²) in [5, 5.41) is 15.3. The molecule has 0 aromatic carbocycles. The summed E-state index contributed by atoms with van der Waals surface area (Å²) in [6.07, 6.45) is 6.79. The summed E-state index contributed by atoms with van der Waals surface area (Å²) in [5.74, 6) is -1.35. The fraction of sp³-hybridized carbons (Fsp3) is 0.842. The normalized spacial score (nSPS) is 25.8. The highest BCUT2D eigenvalue weighted by molar-refractivity contribution is 5.82. The maximum absolute atomic E-state index is 12.9. The van der Waals surface area contributed by atoms with Crippen LogP contribution in [0.5, 0.6) is 0 Å². The zero-order valence-corrected chi connectivity index (χ0v) is 15.9. The van der Waals surface area contributed by atoms with Crippen LogP contribution < -0.4 is 10.6 Å². The Morgan fingerprint density at radius 3 is 2.44 bits per heavy atom. The molecule has 3 N–H and O–H groups in total. The summed E-state index contributed by atoms with van der Waals surface area (Å²) in [7, 11) is 0. The molecule has 0 radical (unpaired) electrons. The molecule has 1 atom stereocenters. The van der Waals surface area contributed by atoms with Crippen LogP contribution in [-0.4, -0.2) is 65.8 Å². The summed E-state index contributed by atoms with van der Waals surface area (Å²) in [5.41, 5.74) is -0.741. The molecular weight excluding hydrogens is 350 g/mol. The van der Waals surface area contributed by atoms with Crippen molar-refractivity contribution in [3.63, 3.8) is 0 Å². The van der Waals surface area contributed by atoms with E-state index in [9.17, 15) is 19.5 Å². The molecule has 8 heteroatoms. The molecule has 3 amide bonds. The van der Waals surface area contributed by atoms with Crippen molar-refractivity contribution in [2.24, 2.45) is 5.92 Å². The summed E-state index contributed by atoms with van der Waals surface area (Å²) < 4.78 is 5.34. The van der Waals surface area contributed by atoms with Crippen molar-refractivity contribution in [2.45, 2.75) is 69.4 Å². The number of hydrogen-bond donors (Lipinski definition) is 3. The molecule has 3 fully saturated rings. The summed E-state index contributed by atoms with van der Waals surface area (Å²) in [6, 6.07) is 0.179. The van der Waals surface area contributed by atoms with Crippen LogP contribution in [0, 0.1) is 5.92 Å². The zero-order chi connectivity index (χ0) is 19.3. The summed E-state index contributed by atoms with van der Waals surface area (Å²) >= 11 is 0. The molecule has 0 spiro atoms. The van der Waals surface area contributed by atoms with Crippen LogP contribution in [0.3, 0.4) is 0 Å². The molecule has 27 heavy (non-hydrogen) atoms. The molecule has 2 aliphatic heterocycles. The van der Waals surface area contributed by atoms with Gasteiger partial charge in [-0.25, -0.2) is 4.79 Å². The molecule has 3 aliphatic rings. The number of urea groups is 1. The monoisotopic (exact) mass is 381 g/mol. The first-order valence-corrected chi connectivity index (χ1v) is 10.1. The second-order valence-electron chi connectivity index (χ2n) is 8.17. The number of hydrogen-bond acceptors (Lipinski definition) is 4. The van der Waals surface area contributed by atoms with Gasteiger partial charge >= 0.3 is 12.0 Å². The molecule has 0 bridgehead atoms. The Morgan fingerprint density at radius 2 is 1.78 bits per heavy atom. The van der Waals surface area contributed by atoms with E-state index in [4.69, 9.17) is 4.74 Å². The van der Waals surface area contributed by atoms with Crippen molar-refractivity contribution in [2.75, 3.05) is 26.3 Å². The summed E-state index contributed by atoms with van der Waals surface area (Å²) in [6.45, 7) is 1.96. The van der Waals surface area contributed by atoms with E-state index in [0.717, 1.165) is 38.5 Å². The molecule has 0 aromatic heterocycles. The van der Waals surface area contributed by atoms with E-state index in [2.05, 4.69) is 10.6 Å². The predicted molar refractivity (Wildman–Crippen MR) is 98.3 cm³/mol. The van der Waals surface area contributed by atoms with Crippen LogP contribution in [0.2, 0.25) is 0 Å². The van der Waals surface area contributed by atoms with Crippen LogP contribution in [-0.2, 0) is 14.3 Å². The van der Waals surface area contributed by atoms with Gasteiger partial charge in [0.2, 0.25) is 5.91 Å². The lowest BCUT2D eigenvalue weighted by Crippen LogP contribution is -2.57. The van der Waals surface area contributed by atoms with Crippen molar-refractivity contribution >= 4 is 17.9 Å². The molecule has 3 rings (SSSR count). The zero-order valence-electron chi connectivity index (χ0n) is 15.9. The molecule has 2 heterocycles. The molecule has 1 aliphatic carbocycles. The van der Waals surface area contributed by atoms with Crippen molar-refractivity contribution in [1.29, 1.82) is 0 Å². The number of carboxylic acid groups (broad SMARTS) is 1. The minimum absolute atomic E-state index is 0.0780. The van der Waals surface area contributed by atoms with Gasteiger partial charge in [-0.15, -0.1) is 0 Å². The number of carbonyl (C=O) groups excluding carboxylic acids is 2. The van der Waals surface area contributed by atoms with Crippen LogP contribution in [0.4, 0.5) is 4.79 Å². The Balaban J connectivity index is 1.56. The fourth-order valence-corrected chi connectivity index (χ4v) is 4.47. The maximum Gasteiger partial charge on any atom is 0.317 e. The Morgan fingerprint density at radius 1 is 1.07 bits per heavy atom. The van der Waals surface area contributed by atoms with Gasteiger partial charge in [-0.1, -0.05) is 12.8 Å². The van der Waals surface area contributed by atoms with Crippen molar-refractivity contribution in [3.8, 4) is 0 Å². The molecular formula is C19H31N3O5. The number of carbonyl (C=O) groups is 3. The van der Waals surface area contributed by atoms with Gasteiger partial charge in [0.15, 0.2) is 0 Å². The largest absolute Gasteiger partial charge is 0.481 e. The summed E-state index contributed by atoms with van der Waals surface area (Å²) in [4.78, 5) is 38.4. The van der Waals surface area contributed by atoms with Gasteiger partial charge in [-0.05, 0) is 38.5 Å². The molecule has 2 saturated heterocycles. The molecule has 152 valence electrons. The van der Waals surface area contributed by atoms with E-state index in [1.54, 1.807) is 4.90 Å². The van der Waals surface area contributed by atoms with Gasteiger partial charge in [0, 0.05) is 32.3 Å². The Hall–Kier alpha value is -1.83. The van der Waals surface area contributed by atoms with Gasteiger partial charge < -0.3 is 25.4 Å². The van der Waals surface area contributed by atoms with E-state index in [1.165, 1.54) is 0 Å². The highest BCUT2D eigenvalue weighted by Gasteiger charge is 2.39. The fourth-order valence-electron chi connectivity index (χ4n) is 4.47. The second-order valence-corrected chi connectivity index (χ2v) is 8.17. The lowest BCUT2D eigenvalue weighted by atomic mass is 9.85. The lowest BCUT2D eigenvalue weighted by Gasteiger charge is -2.39. The first kappa shape index (κ1) is 19.9. The van der Waals surface area contributed by atoms with Gasteiger partial charge in [0.05, 0.1) is 17.9 Å². The topological polar surface area (TPSA) is 108 Å². The Labute approximate surface area is 160 Å². The Kier molecular flexibility index (Phi) is 6.57. The molecule has 8 nitrogen and oxygen atoms in total. The number of rotatable bonds is 5. The third kappa shape index (κ3) is 5.34. The minimum Gasteiger partial charge on any atom is -0.481 e. The van der Waals surface area contributed by atoms with E-state index in [0.29, 0.717) is 39.1 Å². The molecule has 1 saturated carbocycles. The third-order valence-corrected chi connectivity index (χ3v) is 6.09. The molecule has 1 unspecified atom stereocenters. The second kappa shape index (κ2) is 8.91. The van der Waals surface area contributed by atoms with Gasteiger partial charge in [-0.2, -0.15) is 0 Å². The number of nitrogens with one attached hydrogen (secondary N) is 2. The average molecular weight is 381 g/mol. The highest BCUT2D eigenvalue weighted by atomic mass is 16.5. The number of likely N-dealkylation sites (tertiary alicyclic amines) is 1. The number of amides is 3. The van der Waals surface area contributed by atoms with Gasteiger partial charge in [0.1, 0.15) is 0 Å². The van der Waals surface area contributed by atoms with Gasteiger partial charge in [0.25, 0.3) is 0 Å². The predicted octanol–water partition coefficient (Wildman–Crippen LogP) is 1.49. The number of ether oxygens (including phenoxy) is 1.